The second-order valence-electron chi connectivity index (χ2n) is 10.9. The van der Waals surface area contributed by atoms with Crippen LogP contribution >= 0.6 is 0 Å². The fraction of sp³-hybridized carbons (Fsp3) is 0.379. The number of anilines is 4. The zero-order chi connectivity index (χ0) is 31.3. The van der Waals surface area contributed by atoms with Crippen LogP contribution in [-0.2, 0) is 9.47 Å². The number of morpholine rings is 1. The second kappa shape index (κ2) is 13.2. The largest absolute Gasteiger partial charge is 0.444 e. The van der Waals surface area contributed by atoms with Crippen molar-refractivity contribution >= 4 is 35.1 Å². The molecule has 3 aromatic rings. The molecule has 4 rings (SSSR count). The van der Waals surface area contributed by atoms with Gasteiger partial charge in [-0.3, -0.25) is 4.79 Å². The number of nitrogens with one attached hydrogen (secondary N) is 3. The minimum absolute atomic E-state index is 0.103. The average molecular weight is 602 g/mol. The molecule has 2 amide bonds. The van der Waals surface area contributed by atoms with Gasteiger partial charge in [0.15, 0.2) is 23.3 Å². The van der Waals surface area contributed by atoms with Crippen LogP contribution in [0.25, 0.3) is 0 Å². The molecular weight excluding hydrogens is 567 g/mol. The van der Waals surface area contributed by atoms with Crippen LogP contribution in [0.1, 0.15) is 49.7 Å². The molecule has 3 heterocycles. The summed E-state index contributed by atoms with van der Waals surface area (Å²) in [6.45, 7) is 8.48. The van der Waals surface area contributed by atoms with E-state index >= 15 is 4.39 Å². The zero-order valence-corrected chi connectivity index (χ0v) is 24.2. The van der Waals surface area contributed by atoms with Crippen LogP contribution < -0.4 is 26.6 Å². The number of hydrogen-bond acceptors (Lipinski definition) is 9. The average Bonchev–Trinajstić information content (AvgIpc) is 2.93. The molecule has 1 aromatic carbocycles. The minimum Gasteiger partial charge on any atom is -0.444 e. The third-order valence-corrected chi connectivity index (χ3v) is 6.41. The van der Waals surface area contributed by atoms with Gasteiger partial charge in [-0.25, -0.2) is 27.9 Å². The van der Waals surface area contributed by atoms with Gasteiger partial charge in [-0.2, -0.15) is 0 Å². The molecule has 1 aliphatic rings. The highest BCUT2D eigenvalue weighted by molar-refractivity contribution is 5.98. The number of nitrogens with zero attached hydrogens (tertiary/aromatic N) is 3. The van der Waals surface area contributed by atoms with Crippen molar-refractivity contribution in [2.75, 3.05) is 41.8 Å². The molecule has 2 atom stereocenters. The van der Waals surface area contributed by atoms with Crippen molar-refractivity contribution < 1.29 is 32.2 Å². The van der Waals surface area contributed by atoms with Crippen LogP contribution in [0.4, 0.5) is 41.1 Å². The lowest BCUT2D eigenvalue weighted by molar-refractivity contribution is 0.0503. The van der Waals surface area contributed by atoms with Gasteiger partial charge in [0.25, 0.3) is 5.91 Å². The third kappa shape index (κ3) is 8.03. The molecule has 1 fully saturated rings. The highest BCUT2D eigenvalue weighted by Gasteiger charge is 2.28. The van der Waals surface area contributed by atoms with Gasteiger partial charge < -0.3 is 36.1 Å². The number of nitrogens with two attached hydrogens (primary N) is 1. The van der Waals surface area contributed by atoms with E-state index in [2.05, 4.69) is 25.9 Å². The van der Waals surface area contributed by atoms with E-state index in [1.165, 1.54) is 24.4 Å². The molecule has 0 radical (unpaired) electrons. The molecule has 11 nitrogen and oxygen atoms in total. The van der Waals surface area contributed by atoms with Crippen molar-refractivity contribution in [3.63, 3.8) is 0 Å². The molecule has 230 valence electrons. The maximum Gasteiger partial charge on any atom is 0.407 e. The predicted octanol–water partition coefficient (Wildman–Crippen LogP) is 4.64. The molecule has 2 aromatic heterocycles. The number of carbonyl (C=O) groups excluding carboxylic acids is 2. The summed E-state index contributed by atoms with van der Waals surface area (Å²) in [5, 5.41) is 8.24. The van der Waals surface area contributed by atoms with Crippen LogP contribution in [0.5, 0.6) is 0 Å². The summed E-state index contributed by atoms with van der Waals surface area (Å²) >= 11 is 0. The van der Waals surface area contributed by atoms with E-state index in [0.717, 1.165) is 12.1 Å². The Labute approximate surface area is 247 Å². The smallest absolute Gasteiger partial charge is 0.407 e. The Morgan fingerprint density at radius 1 is 1.05 bits per heavy atom. The third-order valence-electron chi connectivity index (χ3n) is 6.41. The van der Waals surface area contributed by atoms with Gasteiger partial charge in [-0.05, 0) is 39.8 Å². The molecule has 43 heavy (non-hydrogen) atoms. The van der Waals surface area contributed by atoms with E-state index in [0.29, 0.717) is 26.3 Å². The van der Waals surface area contributed by atoms with Crippen molar-refractivity contribution in [3.05, 3.63) is 71.2 Å². The summed E-state index contributed by atoms with van der Waals surface area (Å²) in [7, 11) is 0. The monoisotopic (exact) mass is 601 g/mol. The predicted molar refractivity (Wildman–Crippen MR) is 155 cm³/mol. The first-order valence-corrected chi connectivity index (χ1v) is 13.6. The fourth-order valence-electron chi connectivity index (χ4n) is 4.44. The molecule has 5 N–H and O–H groups in total. The molecule has 1 saturated heterocycles. The first-order valence-electron chi connectivity index (χ1n) is 13.6. The summed E-state index contributed by atoms with van der Waals surface area (Å²) in [5.74, 6) is -3.67. The molecule has 0 aliphatic carbocycles. The van der Waals surface area contributed by atoms with E-state index in [-0.39, 0.29) is 28.5 Å². The van der Waals surface area contributed by atoms with Gasteiger partial charge in [-0.15, -0.1) is 0 Å². The second-order valence-corrected chi connectivity index (χ2v) is 10.9. The van der Waals surface area contributed by atoms with Gasteiger partial charge in [0.05, 0.1) is 42.7 Å². The molecule has 0 spiro atoms. The van der Waals surface area contributed by atoms with Crippen LogP contribution in [-0.4, -0.2) is 59.9 Å². The minimum atomic E-state index is -1.05. The van der Waals surface area contributed by atoms with E-state index < -0.39 is 53.0 Å². The number of ether oxygens (including phenoxy) is 2. The number of alkyl carbamates (subject to hydrolysis) is 1. The van der Waals surface area contributed by atoms with E-state index in [9.17, 15) is 18.4 Å². The Hall–Kier alpha value is -4.59. The van der Waals surface area contributed by atoms with Crippen molar-refractivity contribution in [1.29, 1.82) is 0 Å². The lowest BCUT2D eigenvalue weighted by Crippen LogP contribution is -2.43. The number of pyridine rings is 2. The lowest BCUT2D eigenvalue weighted by Gasteiger charge is -2.29. The number of hydrogen-bond donors (Lipinski definition) is 4. The summed E-state index contributed by atoms with van der Waals surface area (Å²) in [6.07, 6.45) is 0.573. The SMILES string of the molecule is C[C@H](NC(=O)OC(C)(C)C)[C@H](Nc1nc(Nc2cnc(N3CCOCC3)c(F)c2)c(C(N)=O)cc1F)c1ccccc1F. The van der Waals surface area contributed by atoms with Crippen LogP contribution in [0.2, 0.25) is 0 Å². The summed E-state index contributed by atoms with van der Waals surface area (Å²) < 4.78 is 55.8. The Kier molecular flexibility index (Phi) is 9.59. The van der Waals surface area contributed by atoms with Gasteiger partial charge >= 0.3 is 6.09 Å². The van der Waals surface area contributed by atoms with Crippen LogP contribution in [0, 0.1) is 17.5 Å². The maximum atomic E-state index is 15.3. The molecule has 1 aliphatic heterocycles. The number of amides is 2. The van der Waals surface area contributed by atoms with Crippen molar-refractivity contribution in [1.82, 2.24) is 15.3 Å². The van der Waals surface area contributed by atoms with Crippen molar-refractivity contribution in [2.45, 2.75) is 45.4 Å². The lowest BCUT2D eigenvalue weighted by atomic mass is 9.99. The molecule has 14 heteroatoms. The molecule has 0 unspecified atom stereocenters. The Morgan fingerprint density at radius 3 is 2.37 bits per heavy atom. The van der Waals surface area contributed by atoms with Gasteiger partial charge in [0.2, 0.25) is 0 Å². The van der Waals surface area contributed by atoms with Gasteiger partial charge in [0.1, 0.15) is 17.2 Å². The van der Waals surface area contributed by atoms with E-state index in [1.54, 1.807) is 38.7 Å². The number of primary amides is 1. The summed E-state index contributed by atoms with van der Waals surface area (Å²) in [6, 6.07) is 5.90. The molecule has 0 bridgehead atoms. The number of aromatic nitrogens is 2. The van der Waals surface area contributed by atoms with Gasteiger partial charge in [0, 0.05) is 24.7 Å². The fourth-order valence-corrected chi connectivity index (χ4v) is 4.44. The number of halogens is 3. The van der Waals surface area contributed by atoms with Crippen molar-refractivity contribution in [3.8, 4) is 0 Å². The van der Waals surface area contributed by atoms with E-state index in [1.807, 2.05) is 0 Å². The number of benzene rings is 1. The van der Waals surface area contributed by atoms with Gasteiger partial charge in [-0.1, -0.05) is 18.2 Å². The highest BCUT2D eigenvalue weighted by Crippen LogP contribution is 2.30. The maximum absolute atomic E-state index is 15.3. The quantitative estimate of drug-likeness (QED) is 0.276. The zero-order valence-electron chi connectivity index (χ0n) is 24.2. The van der Waals surface area contributed by atoms with Crippen LogP contribution in [0.15, 0.2) is 42.6 Å². The van der Waals surface area contributed by atoms with Crippen LogP contribution in [0.3, 0.4) is 0 Å². The standard InChI is InChI=1S/C29H34F3N7O4/c1-16(35-28(41)43-29(2,3)4)23(18-7-5-6-8-20(18)30)37-26-21(31)14-19(24(33)40)25(38-26)36-17-13-22(32)27(34-15-17)39-9-11-42-12-10-39/h5-8,13-16,23H,9-12H2,1-4H3,(H2,33,40)(H,35,41)(H2,36,37,38)/t16-,23-/m0/s1. The number of carbonyl (C=O) groups is 2. The Balaban J connectivity index is 1.66. The topological polar surface area (TPSA) is 144 Å². The Bertz CT molecular complexity index is 1480. The number of rotatable bonds is 9. The highest BCUT2D eigenvalue weighted by atomic mass is 19.1. The summed E-state index contributed by atoms with van der Waals surface area (Å²) in [5.41, 5.74) is 4.59. The first-order chi connectivity index (χ1) is 20.3. The molecule has 0 saturated carbocycles. The van der Waals surface area contributed by atoms with E-state index in [4.69, 9.17) is 15.2 Å². The first kappa shape index (κ1) is 31.3. The van der Waals surface area contributed by atoms with Crippen molar-refractivity contribution in [2.24, 2.45) is 5.73 Å². The Morgan fingerprint density at radius 2 is 1.74 bits per heavy atom. The normalized spacial score (nSPS) is 14.9. The molecular formula is C29H34F3N7O4. The summed E-state index contributed by atoms with van der Waals surface area (Å²) in [4.78, 5) is 34.8.